The highest BCUT2D eigenvalue weighted by Gasteiger charge is 2.26. The van der Waals surface area contributed by atoms with Crippen molar-refractivity contribution >= 4 is 34.1 Å². The van der Waals surface area contributed by atoms with Gasteiger partial charge in [0.25, 0.3) is 11.8 Å². The van der Waals surface area contributed by atoms with Gasteiger partial charge in [-0.15, -0.1) is 11.3 Å². The van der Waals surface area contributed by atoms with E-state index in [2.05, 4.69) is 10.4 Å². The third kappa shape index (κ3) is 4.97. The van der Waals surface area contributed by atoms with E-state index in [1.807, 2.05) is 32.0 Å². The SMILES string of the molecule is CCOC(=O)c1c(NC(=O)c2ccn(COc3cc(C)ccc3C)n2)sc(C(N)=O)c1C. The zero-order chi connectivity index (χ0) is 23.4. The van der Waals surface area contributed by atoms with Crippen LogP contribution >= 0.6 is 11.3 Å². The van der Waals surface area contributed by atoms with E-state index in [4.69, 9.17) is 15.2 Å². The Balaban J connectivity index is 1.76. The molecule has 2 amide bonds. The van der Waals surface area contributed by atoms with Crippen LogP contribution in [0.5, 0.6) is 5.75 Å². The van der Waals surface area contributed by atoms with Crippen molar-refractivity contribution in [2.75, 3.05) is 11.9 Å². The fourth-order valence-electron chi connectivity index (χ4n) is 3.01. The van der Waals surface area contributed by atoms with E-state index < -0.39 is 17.8 Å². The Hall–Kier alpha value is -3.66. The molecule has 3 rings (SSSR count). The van der Waals surface area contributed by atoms with E-state index in [0.29, 0.717) is 5.56 Å². The second kappa shape index (κ2) is 9.65. The number of nitrogens with zero attached hydrogens (tertiary/aromatic N) is 2. The molecule has 10 heteroatoms. The standard InChI is InChI=1S/C22H24N4O5S/c1-5-30-22(29)17-14(4)18(19(23)27)32-21(17)24-20(28)15-8-9-26(25-15)11-31-16-10-12(2)6-7-13(16)3/h6-10H,5,11H2,1-4H3,(H2,23,27)(H,24,28). The summed E-state index contributed by atoms with van der Waals surface area (Å²) in [6.07, 6.45) is 1.61. The van der Waals surface area contributed by atoms with Crippen LogP contribution in [0.25, 0.3) is 0 Å². The van der Waals surface area contributed by atoms with Gasteiger partial charge >= 0.3 is 5.97 Å². The predicted molar refractivity (Wildman–Crippen MR) is 120 cm³/mol. The van der Waals surface area contributed by atoms with Gasteiger partial charge in [0.2, 0.25) is 0 Å². The molecule has 0 unspecified atom stereocenters. The molecule has 0 fully saturated rings. The van der Waals surface area contributed by atoms with Crippen LogP contribution in [0.2, 0.25) is 0 Å². The zero-order valence-corrected chi connectivity index (χ0v) is 19.0. The number of benzene rings is 1. The number of hydrogen-bond donors (Lipinski definition) is 2. The highest BCUT2D eigenvalue weighted by molar-refractivity contribution is 7.18. The van der Waals surface area contributed by atoms with Crippen LogP contribution < -0.4 is 15.8 Å². The van der Waals surface area contributed by atoms with Crippen LogP contribution in [0.4, 0.5) is 5.00 Å². The van der Waals surface area contributed by atoms with E-state index in [1.54, 1.807) is 20.0 Å². The predicted octanol–water partition coefficient (Wildman–Crippen LogP) is 3.43. The number of carbonyl (C=O) groups excluding carboxylic acids is 3. The quantitative estimate of drug-likeness (QED) is 0.500. The number of amides is 2. The smallest absolute Gasteiger partial charge is 0.341 e. The summed E-state index contributed by atoms with van der Waals surface area (Å²) in [6.45, 7) is 7.44. The number of aromatic nitrogens is 2. The van der Waals surface area contributed by atoms with Gasteiger partial charge in [0.15, 0.2) is 12.4 Å². The van der Waals surface area contributed by atoms with Crippen LogP contribution in [-0.2, 0) is 11.5 Å². The lowest BCUT2D eigenvalue weighted by atomic mass is 10.1. The normalized spacial score (nSPS) is 10.6. The molecular formula is C22H24N4O5S. The second-order valence-corrected chi connectivity index (χ2v) is 8.10. The molecule has 0 radical (unpaired) electrons. The monoisotopic (exact) mass is 456 g/mol. The second-order valence-electron chi connectivity index (χ2n) is 7.08. The Labute approximate surface area is 189 Å². The maximum absolute atomic E-state index is 12.7. The minimum atomic E-state index is -0.689. The molecule has 0 aliphatic heterocycles. The first kappa shape index (κ1) is 23.0. The van der Waals surface area contributed by atoms with Gasteiger partial charge in [-0.1, -0.05) is 12.1 Å². The molecular weight excluding hydrogens is 432 g/mol. The molecule has 0 atom stereocenters. The van der Waals surface area contributed by atoms with Crippen molar-refractivity contribution in [2.45, 2.75) is 34.4 Å². The summed E-state index contributed by atoms with van der Waals surface area (Å²) in [5.41, 5.74) is 8.05. The van der Waals surface area contributed by atoms with E-state index in [0.717, 1.165) is 28.2 Å². The number of anilines is 1. The molecule has 0 saturated carbocycles. The largest absolute Gasteiger partial charge is 0.471 e. The Morgan fingerprint density at radius 1 is 1.19 bits per heavy atom. The van der Waals surface area contributed by atoms with Gasteiger partial charge in [-0.3, -0.25) is 9.59 Å². The van der Waals surface area contributed by atoms with Gasteiger partial charge in [-0.25, -0.2) is 9.48 Å². The number of rotatable bonds is 8. The van der Waals surface area contributed by atoms with Crippen molar-refractivity contribution < 1.29 is 23.9 Å². The van der Waals surface area contributed by atoms with Crippen molar-refractivity contribution in [3.63, 3.8) is 0 Å². The highest BCUT2D eigenvalue weighted by atomic mass is 32.1. The fourth-order valence-corrected chi connectivity index (χ4v) is 4.05. The Morgan fingerprint density at radius 2 is 1.94 bits per heavy atom. The zero-order valence-electron chi connectivity index (χ0n) is 18.2. The van der Waals surface area contributed by atoms with E-state index in [9.17, 15) is 14.4 Å². The lowest BCUT2D eigenvalue weighted by Crippen LogP contribution is -2.16. The van der Waals surface area contributed by atoms with Gasteiger partial charge in [0, 0.05) is 6.20 Å². The fraction of sp³-hybridized carbons (Fsp3) is 0.273. The minimum absolute atomic E-state index is 0.108. The van der Waals surface area contributed by atoms with E-state index in [-0.39, 0.29) is 34.5 Å². The van der Waals surface area contributed by atoms with Crippen molar-refractivity contribution in [1.29, 1.82) is 0 Å². The van der Waals surface area contributed by atoms with Crippen LogP contribution in [0, 0.1) is 20.8 Å². The maximum atomic E-state index is 12.7. The van der Waals surface area contributed by atoms with Crippen LogP contribution in [0.3, 0.4) is 0 Å². The topological polar surface area (TPSA) is 126 Å². The maximum Gasteiger partial charge on any atom is 0.341 e. The van der Waals surface area contributed by atoms with Gasteiger partial charge in [-0.05, 0) is 56.5 Å². The number of ether oxygens (including phenoxy) is 2. The summed E-state index contributed by atoms with van der Waals surface area (Å²) < 4.78 is 12.3. The van der Waals surface area contributed by atoms with Crippen molar-refractivity contribution in [3.8, 4) is 5.75 Å². The van der Waals surface area contributed by atoms with Gasteiger partial charge in [0.1, 0.15) is 10.8 Å². The molecule has 0 bridgehead atoms. The van der Waals surface area contributed by atoms with Crippen molar-refractivity contribution in [3.05, 3.63) is 63.3 Å². The number of carbonyl (C=O) groups is 3. The first-order chi connectivity index (χ1) is 15.2. The average Bonchev–Trinajstić information content (AvgIpc) is 3.33. The van der Waals surface area contributed by atoms with Gasteiger partial charge in [0.05, 0.1) is 17.0 Å². The minimum Gasteiger partial charge on any atom is -0.471 e. The van der Waals surface area contributed by atoms with Gasteiger partial charge < -0.3 is 20.5 Å². The summed E-state index contributed by atoms with van der Waals surface area (Å²) in [5.74, 6) is -1.14. The molecule has 3 aromatic rings. The molecule has 0 saturated heterocycles. The van der Waals surface area contributed by atoms with Crippen LogP contribution in [-0.4, -0.2) is 34.2 Å². The lowest BCUT2D eigenvalue weighted by Gasteiger charge is -2.10. The molecule has 3 N–H and O–H groups in total. The lowest BCUT2D eigenvalue weighted by molar-refractivity contribution is 0.0527. The summed E-state index contributed by atoms with van der Waals surface area (Å²) in [6, 6.07) is 7.43. The number of nitrogens with one attached hydrogen (secondary N) is 1. The number of nitrogens with two attached hydrogens (primary N) is 1. The average molecular weight is 457 g/mol. The van der Waals surface area contributed by atoms with E-state index >= 15 is 0 Å². The molecule has 2 aromatic heterocycles. The summed E-state index contributed by atoms with van der Waals surface area (Å²) in [5, 5.41) is 7.05. The first-order valence-corrected chi connectivity index (χ1v) is 10.7. The number of hydrogen-bond acceptors (Lipinski definition) is 7. The van der Waals surface area contributed by atoms with E-state index in [1.165, 1.54) is 10.7 Å². The number of primary amides is 1. The molecule has 0 aliphatic rings. The molecule has 0 aliphatic carbocycles. The Morgan fingerprint density at radius 3 is 2.62 bits per heavy atom. The molecule has 32 heavy (non-hydrogen) atoms. The third-order valence-corrected chi connectivity index (χ3v) is 5.87. The summed E-state index contributed by atoms with van der Waals surface area (Å²) >= 11 is 0.922. The Kier molecular flexibility index (Phi) is 6.94. The highest BCUT2D eigenvalue weighted by Crippen LogP contribution is 2.33. The number of aryl methyl sites for hydroxylation is 2. The molecule has 0 spiro atoms. The molecule has 2 heterocycles. The molecule has 168 valence electrons. The Bertz CT molecular complexity index is 1180. The molecule has 1 aromatic carbocycles. The van der Waals surface area contributed by atoms with Crippen molar-refractivity contribution in [1.82, 2.24) is 9.78 Å². The summed E-state index contributed by atoms with van der Waals surface area (Å²) in [4.78, 5) is 37.0. The number of thiophene rings is 1. The molecule has 9 nitrogen and oxygen atoms in total. The summed E-state index contributed by atoms with van der Waals surface area (Å²) in [7, 11) is 0. The van der Waals surface area contributed by atoms with Crippen LogP contribution in [0.15, 0.2) is 30.5 Å². The van der Waals surface area contributed by atoms with Gasteiger partial charge in [-0.2, -0.15) is 5.10 Å². The first-order valence-electron chi connectivity index (χ1n) is 9.86. The van der Waals surface area contributed by atoms with Crippen LogP contribution in [0.1, 0.15) is 54.1 Å². The number of esters is 1. The van der Waals surface area contributed by atoms with Crippen molar-refractivity contribution in [2.24, 2.45) is 5.73 Å². The third-order valence-electron chi connectivity index (χ3n) is 4.65.